The first-order chi connectivity index (χ1) is 10.0. The van der Waals surface area contributed by atoms with Crippen LogP contribution in [0.3, 0.4) is 0 Å². The highest BCUT2D eigenvalue weighted by atomic mass is 16.6. The molecule has 116 valence electrons. The summed E-state index contributed by atoms with van der Waals surface area (Å²) in [6.07, 6.45) is 5.07. The number of hydrogen-bond donors (Lipinski definition) is 2. The van der Waals surface area contributed by atoms with Crippen molar-refractivity contribution in [3.05, 3.63) is 33.9 Å². The van der Waals surface area contributed by atoms with Gasteiger partial charge in [0.25, 0.3) is 5.69 Å². The van der Waals surface area contributed by atoms with Crippen LogP contribution < -0.4 is 11.3 Å². The van der Waals surface area contributed by atoms with E-state index in [9.17, 15) is 10.1 Å². The van der Waals surface area contributed by atoms with Gasteiger partial charge in [-0.3, -0.25) is 20.9 Å². The molecule has 1 aromatic carbocycles. The van der Waals surface area contributed by atoms with Crippen molar-refractivity contribution in [2.45, 2.75) is 45.2 Å². The second kappa shape index (κ2) is 6.87. The average Bonchev–Trinajstić information content (AvgIpc) is 2.46. The summed E-state index contributed by atoms with van der Waals surface area (Å²) < 4.78 is 0. The van der Waals surface area contributed by atoms with Crippen LogP contribution >= 0.6 is 0 Å². The Morgan fingerprint density at radius 1 is 1.48 bits per heavy atom. The maximum absolute atomic E-state index is 10.9. The molecule has 6 nitrogen and oxygen atoms in total. The predicted molar refractivity (Wildman–Crippen MR) is 83.8 cm³/mol. The van der Waals surface area contributed by atoms with Crippen LogP contribution in [0.1, 0.15) is 38.2 Å². The van der Waals surface area contributed by atoms with Crippen molar-refractivity contribution in [2.75, 3.05) is 12.5 Å². The molecule has 0 aromatic heterocycles. The van der Waals surface area contributed by atoms with E-state index in [-0.39, 0.29) is 5.69 Å². The minimum atomic E-state index is -0.425. The van der Waals surface area contributed by atoms with Gasteiger partial charge in [-0.2, -0.15) is 0 Å². The van der Waals surface area contributed by atoms with Gasteiger partial charge in [0.05, 0.1) is 4.92 Å². The molecule has 0 amide bonds. The number of rotatable bonds is 5. The molecule has 0 radical (unpaired) electrons. The quantitative estimate of drug-likeness (QED) is 0.495. The molecular weight excluding hydrogens is 268 g/mol. The first kappa shape index (κ1) is 15.7. The molecule has 1 fully saturated rings. The van der Waals surface area contributed by atoms with Crippen molar-refractivity contribution in [2.24, 2.45) is 11.8 Å². The lowest BCUT2D eigenvalue weighted by atomic mass is 9.86. The van der Waals surface area contributed by atoms with Gasteiger partial charge in [-0.1, -0.05) is 25.8 Å². The van der Waals surface area contributed by atoms with E-state index in [1.54, 1.807) is 6.07 Å². The summed E-state index contributed by atoms with van der Waals surface area (Å²) in [4.78, 5) is 12.8. The number of hydrazine groups is 1. The van der Waals surface area contributed by atoms with E-state index in [2.05, 4.69) is 24.3 Å². The summed E-state index contributed by atoms with van der Waals surface area (Å²) in [5.41, 5.74) is 3.83. The topological polar surface area (TPSA) is 84.4 Å². The Morgan fingerprint density at radius 2 is 2.24 bits per heavy atom. The normalized spacial score (nSPS) is 22.3. The van der Waals surface area contributed by atoms with Crippen molar-refractivity contribution < 1.29 is 4.92 Å². The summed E-state index contributed by atoms with van der Waals surface area (Å²) in [5.74, 6) is 6.16. The summed E-state index contributed by atoms with van der Waals surface area (Å²) in [6, 6.07) is 5.68. The Balaban J connectivity index is 2.06. The third-order valence-electron chi connectivity index (χ3n) is 4.38. The van der Waals surface area contributed by atoms with Gasteiger partial charge in [-0.25, -0.2) is 0 Å². The number of benzene rings is 1. The van der Waals surface area contributed by atoms with Gasteiger partial charge < -0.3 is 5.43 Å². The number of hydrogen-bond acceptors (Lipinski definition) is 5. The summed E-state index contributed by atoms with van der Waals surface area (Å²) >= 11 is 0. The fourth-order valence-electron chi connectivity index (χ4n) is 3.18. The maximum Gasteiger partial charge on any atom is 0.293 e. The molecule has 6 heteroatoms. The Labute approximate surface area is 125 Å². The number of nitrogens with zero attached hydrogens (tertiary/aromatic N) is 2. The Hall–Kier alpha value is -1.66. The van der Waals surface area contributed by atoms with Crippen LogP contribution in [-0.4, -0.2) is 22.9 Å². The number of nitrogens with one attached hydrogen (secondary N) is 1. The molecule has 0 aliphatic heterocycles. The molecule has 21 heavy (non-hydrogen) atoms. The zero-order chi connectivity index (χ0) is 15.4. The first-order valence-corrected chi connectivity index (χ1v) is 7.45. The zero-order valence-electron chi connectivity index (χ0n) is 12.7. The van der Waals surface area contributed by atoms with Crippen LogP contribution in [0.25, 0.3) is 0 Å². The lowest BCUT2D eigenvalue weighted by Crippen LogP contribution is -2.35. The van der Waals surface area contributed by atoms with Crippen LogP contribution in [-0.2, 0) is 6.54 Å². The molecule has 0 spiro atoms. The third-order valence-corrected chi connectivity index (χ3v) is 4.38. The fraction of sp³-hybridized carbons (Fsp3) is 0.600. The maximum atomic E-state index is 10.9. The highest BCUT2D eigenvalue weighted by Crippen LogP contribution is 2.29. The predicted octanol–water partition coefficient (Wildman–Crippen LogP) is 2.89. The molecule has 2 atom stereocenters. The van der Waals surface area contributed by atoms with Gasteiger partial charge >= 0.3 is 0 Å². The van der Waals surface area contributed by atoms with Gasteiger partial charge in [0.15, 0.2) is 0 Å². The molecule has 1 aliphatic carbocycles. The monoisotopic (exact) mass is 292 g/mol. The minimum absolute atomic E-state index is 0.00944. The Kier molecular flexibility index (Phi) is 5.14. The van der Waals surface area contributed by atoms with E-state index in [0.717, 1.165) is 18.0 Å². The van der Waals surface area contributed by atoms with Crippen LogP contribution in [0.15, 0.2) is 18.2 Å². The van der Waals surface area contributed by atoms with Gasteiger partial charge in [0.2, 0.25) is 0 Å². The third kappa shape index (κ3) is 3.92. The molecule has 0 bridgehead atoms. The van der Waals surface area contributed by atoms with Crippen LogP contribution in [0.2, 0.25) is 0 Å². The highest BCUT2D eigenvalue weighted by molar-refractivity contribution is 5.62. The zero-order valence-corrected chi connectivity index (χ0v) is 12.7. The smallest absolute Gasteiger partial charge is 0.293 e. The second-order valence-corrected chi connectivity index (χ2v) is 6.09. The number of nitrogens with two attached hydrogens (primary N) is 1. The van der Waals surface area contributed by atoms with Crippen molar-refractivity contribution >= 4 is 11.4 Å². The van der Waals surface area contributed by atoms with E-state index < -0.39 is 4.92 Å². The average molecular weight is 292 g/mol. The second-order valence-electron chi connectivity index (χ2n) is 6.09. The Morgan fingerprint density at radius 3 is 2.86 bits per heavy atom. The van der Waals surface area contributed by atoms with Crippen molar-refractivity contribution in [1.82, 2.24) is 4.90 Å². The van der Waals surface area contributed by atoms with E-state index in [4.69, 9.17) is 5.84 Å². The molecule has 1 aliphatic rings. The van der Waals surface area contributed by atoms with E-state index in [1.807, 2.05) is 6.07 Å². The molecule has 1 aromatic rings. The number of nitro groups is 1. The molecular formula is C15H24N4O2. The molecule has 2 unspecified atom stereocenters. The van der Waals surface area contributed by atoms with E-state index in [1.165, 1.54) is 31.7 Å². The van der Waals surface area contributed by atoms with Gasteiger partial charge in [-0.15, -0.1) is 0 Å². The van der Waals surface area contributed by atoms with E-state index in [0.29, 0.717) is 11.7 Å². The molecule has 2 rings (SSSR count). The van der Waals surface area contributed by atoms with Gasteiger partial charge in [0.1, 0.15) is 5.69 Å². The fourth-order valence-corrected chi connectivity index (χ4v) is 3.18. The SMILES string of the molecule is CC1CCCC(N(C)Cc2ccc([N+](=O)[O-])c(NN)c2)C1. The standard InChI is InChI=1S/C15H24N4O2/c1-11-4-3-5-13(8-11)18(2)10-12-6-7-15(19(20)21)14(9-12)17-16/h6-7,9,11,13,17H,3-5,8,10,16H2,1-2H3. The summed E-state index contributed by atoms with van der Waals surface area (Å²) in [5, 5.41) is 10.9. The van der Waals surface area contributed by atoms with Crippen LogP contribution in [0.5, 0.6) is 0 Å². The van der Waals surface area contributed by atoms with Crippen molar-refractivity contribution in [3.8, 4) is 0 Å². The highest BCUT2D eigenvalue weighted by Gasteiger charge is 2.23. The number of anilines is 1. The number of nitrogen functional groups attached to an aromatic ring is 1. The summed E-state index contributed by atoms with van der Waals surface area (Å²) in [7, 11) is 2.12. The molecule has 0 saturated heterocycles. The lowest BCUT2D eigenvalue weighted by molar-refractivity contribution is -0.384. The Bertz CT molecular complexity index is 506. The van der Waals surface area contributed by atoms with Crippen LogP contribution in [0, 0.1) is 16.0 Å². The molecule has 0 heterocycles. The van der Waals surface area contributed by atoms with Crippen molar-refractivity contribution in [1.29, 1.82) is 0 Å². The summed E-state index contributed by atoms with van der Waals surface area (Å²) in [6.45, 7) is 3.09. The largest absolute Gasteiger partial charge is 0.318 e. The van der Waals surface area contributed by atoms with Gasteiger partial charge in [0, 0.05) is 18.7 Å². The minimum Gasteiger partial charge on any atom is -0.318 e. The van der Waals surface area contributed by atoms with Crippen LogP contribution in [0.4, 0.5) is 11.4 Å². The van der Waals surface area contributed by atoms with Gasteiger partial charge in [-0.05, 0) is 37.4 Å². The van der Waals surface area contributed by atoms with E-state index >= 15 is 0 Å². The molecule has 3 N–H and O–H groups in total. The number of nitro benzene ring substituents is 1. The van der Waals surface area contributed by atoms with Crippen molar-refractivity contribution in [3.63, 3.8) is 0 Å². The first-order valence-electron chi connectivity index (χ1n) is 7.45. The lowest BCUT2D eigenvalue weighted by Gasteiger charge is -2.34. The molecule has 1 saturated carbocycles.